The molecular formula is C13H19NO2S. The van der Waals surface area contributed by atoms with Crippen molar-refractivity contribution in [3.05, 3.63) is 24.2 Å². The topological polar surface area (TPSA) is 33.5 Å². The van der Waals surface area contributed by atoms with Crippen molar-refractivity contribution in [1.82, 2.24) is 4.90 Å². The standard InChI is InChI=1S/C13H19NO2S/c1-13(2,3)9-11(15)14-6-8-17-12(14)10-5-4-7-16-10/h4-5,7,12H,6,8-9H2,1-3H3. The summed E-state index contributed by atoms with van der Waals surface area (Å²) in [5.41, 5.74) is 0.0397. The summed E-state index contributed by atoms with van der Waals surface area (Å²) in [6.45, 7) is 7.10. The van der Waals surface area contributed by atoms with Crippen molar-refractivity contribution >= 4 is 17.7 Å². The summed E-state index contributed by atoms with van der Waals surface area (Å²) < 4.78 is 5.41. The molecule has 2 heterocycles. The van der Waals surface area contributed by atoms with E-state index in [9.17, 15) is 4.79 Å². The van der Waals surface area contributed by atoms with Crippen LogP contribution < -0.4 is 0 Å². The van der Waals surface area contributed by atoms with Crippen LogP contribution in [0.5, 0.6) is 0 Å². The lowest BCUT2D eigenvalue weighted by Crippen LogP contribution is -2.32. The first-order valence-electron chi connectivity index (χ1n) is 5.92. The van der Waals surface area contributed by atoms with Gasteiger partial charge in [0.15, 0.2) is 0 Å². The molecule has 1 atom stereocenters. The van der Waals surface area contributed by atoms with Gasteiger partial charge in [-0.2, -0.15) is 0 Å². The van der Waals surface area contributed by atoms with E-state index in [1.165, 1.54) is 0 Å². The first-order chi connectivity index (χ1) is 7.97. The minimum atomic E-state index is 0.0397. The van der Waals surface area contributed by atoms with E-state index in [0.717, 1.165) is 18.1 Å². The van der Waals surface area contributed by atoms with Crippen LogP contribution in [0.2, 0.25) is 0 Å². The summed E-state index contributed by atoms with van der Waals surface area (Å²) >= 11 is 1.77. The molecular weight excluding hydrogens is 234 g/mol. The summed E-state index contributed by atoms with van der Waals surface area (Å²) in [7, 11) is 0. The Morgan fingerprint density at radius 1 is 1.59 bits per heavy atom. The van der Waals surface area contributed by atoms with E-state index in [4.69, 9.17) is 4.42 Å². The van der Waals surface area contributed by atoms with Crippen LogP contribution in [0.4, 0.5) is 0 Å². The molecule has 2 rings (SSSR count). The predicted molar refractivity (Wildman–Crippen MR) is 69.7 cm³/mol. The molecule has 0 aliphatic carbocycles. The second-order valence-corrected chi connectivity index (χ2v) is 6.75. The number of rotatable bonds is 2. The molecule has 0 N–H and O–H groups in total. The number of hydrogen-bond donors (Lipinski definition) is 0. The van der Waals surface area contributed by atoms with E-state index in [-0.39, 0.29) is 16.7 Å². The Kier molecular flexibility index (Phi) is 3.52. The minimum absolute atomic E-state index is 0.0397. The normalized spacial score (nSPS) is 20.9. The van der Waals surface area contributed by atoms with Gasteiger partial charge in [-0.25, -0.2) is 0 Å². The second kappa shape index (κ2) is 4.77. The van der Waals surface area contributed by atoms with Crippen LogP contribution in [-0.4, -0.2) is 23.1 Å². The summed E-state index contributed by atoms with van der Waals surface area (Å²) in [5.74, 6) is 2.10. The maximum absolute atomic E-state index is 12.2. The van der Waals surface area contributed by atoms with Gasteiger partial charge in [0, 0.05) is 18.7 Å². The molecule has 0 bridgehead atoms. The zero-order valence-electron chi connectivity index (χ0n) is 10.6. The molecule has 0 radical (unpaired) electrons. The monoisotopic (exact) mass is 253 g/mol. The van der Waals surface area contributed by atoms with E-state index in [2.05, 4.69) is 20.8 Å². The number of hydrogen-bond acceptors (Lipinski definition) is 3. The van der Waals surface area contributed by atoms with E-state index >= 15 is 0 Å². The zero-order valence-corrected chi connectivity index (χ0v) is 11.4. The lowest BCUT2D eigenvalue weighted by Gasteiger charge is -2.26. The van der Waals surface area contributed by atoms with Gasteiger partial charge < -0.3 is 9.32 Å². The number of thioether (sulfide) groups is 1. The molecule has 17 heavy (non-hydrogen) atoms. The van der Waals surface area contributed by atoms with Crippen molar-refractivity contribution in [2.45, 2.75) is 32.6 Å². The molecule has 3 nitrogen and oxygen atoms in total. The van der Waals surface area contributed by atoms with Crippen LogP contribution in [0.15, 0.2) is 22.8 Å². The second-order valence-electron chi connectivity index (χ2n) is 5.56. The molecule has 1 aliphatic heterocycles. The number of carbonyl (C=O) groups is 1. The molecule has 1 amide bonds. The van der Waals surface area contributed by atoms with Crippen LogP contribution in [0, 0.1) is 5.41 Å². The third kappa shape index (κ3) is 3.06. The van der Waals surface area contributed by atoms with Crippen LogP contribution >= 0.6 is 11.8 Å². The first-order valence-corrected chi connectivity index (χ1v) is 6.97. The molecule has 0 aromatic carbocycles. The molecule has 0 spiro atoms. The zero-order chi connectivity index (χ0) is 12.5. The molecule has 4 heteroatoms. The molecule has 1 aromatic heterocycles. The van der Waals surface area contributed by atoms with Crippen LogP contribution in [0.1, 0.15) is 38.3 Å². The Morgan fingerprint density at radius 2 is 2.35 bits per heavy atom. The maximum atomic E-state index is 12.2. The number of nitrogens with zero attached hydrogens (tertiary/aromatic N) is 1. The quantitative estimate of drug-likeness (QED) is 0.811. The van der Waals surface area contributed by atoms with Gasteiger partial charge in [0.25, 0.3) is 0 Å². The fraction of sp³-hybridized carbons (Fsp3) is 0.615. The third-order valence-corrected chi connectivity index (χ3v) is 3.90. The fourth-order valence-corrected chi connectivity index (χ4v) is 3.17. The highest BCUT2D eigenvalue weighted by atomic mass is 32.2. The third-order valence-electron chi connectivity index (χ3n) is 2.68. The lowest BCUT2D eigenvalue weighted by atomic mass is 9.91. The Balaban J connectivity index is 2.07. The van der Waals surface area contributed by atoms with Gasteiger partial charge in [-0.15, -0.1) is 11.8 Å². The van der Waals surface area contributed by atoms with Crippen molar-refractivity contribution in [2.24, 2.45) is 5.41 Å². The summed E-state index contributed by atoms with van der Waals surface area (Å²) in [6, 6.07) is 3.82. The molecule has 0 saturated carbocycles. The van der Waals surface area contributed by atoms with Gasteiger partial charge in [-0.05, 0) is 17.5 Å². The smallest absolute Gasteiger partial charge is 0.224 e. The van der Waals surface area contributed by atoms with Crippen molar-refractivity contribution in [1.29, 1.82) is 0 Å². The Labute approximate surface area is 107 Å². The van der Waals surface area contributed by atoms with Crippen LogP contribution in [0.25, 0.3) is 0 Å². The van der Waals surface area contributed by atoms with Crippen LogP contribution in [-0.2, 0) is 4.79 Å². The van der Waals surface area contributed by atoms with Gasteiger partial charge in [-0.1, -0.05) is 20.8 Å². The highest BCUT2D eigenvalue weighted by Gasteiger charge is 2.33. The number of carbonyl (C=O) groups excluding carboxylic acids is 1. The fourth-order valence-electron chi connectivity index (χ4n) is 1.95. The molecule has 94 valence electrons. The van der Waals surface area contributed by atoms with Gasteiger partial charge in [-0.3, -0.25) is 4.79 Å². The molecule has 1 saturated heterocycles. The van der Waals surface area contributed by atoms with E-state index in [0.29, 0.717) is 6.42 Å². The Bertz CT molecular complexity index is 381. The van der Waals surface area contributed by atoms with Crippen molar-refractivity contribution < 1.29 is 9.21 Å². The highest BCUT2D eigenvalue weighted by molar-refractivity contribution is 7.99. The number of furan rings is 1. The summed E-state index contributed by atoms with van der Waals surface area (Å²) in [4.78, 5) is 14.2. The molecule has 1 unspecified atom stereocenters. The Hall–Kier alpha value is -0.900. The highest BCUT2D eigenvalue weighted by Crippen LogP contribution is 2.39. The Morgan fingerprint density at radius 3 is 2.94 bits per heavy atom. The molecule has 1 aromatic rings. The predicted octanol–water partition coefficient (Wildman–Crippen LogP) is 3.29. The van der Waals surface area contributed by atoms with E-state index < -0.39 is 0 Å². The van der Waals surface area contributed by atoms with Crippen molar-refractivity contribution in [3.8, 4) is 0 Å². The van der Waals surface area contributed by atoms with Gasteiger partial charge in [0.2, 0.25) is 5.91 Å². The summed E-state index contributed by atoms with van der Waals surface area (Å²) in [5, 5.41) is 0.0693. The average Bonchev–Trinajstić information content (AvgIpc) is 2.85. The molecule has 1 aliphatic rings. The van der Waals surface area contributed by atoms with Crippen molar-refractivity contribution in [3.63, 3.8) is 0 Å². The van der Waals surface area contributed by atoms with E-state index in [1.807, 2.05) is 17.0 Å². The van der Waals surface area contributed by atoms with E-state index in [1.54, 1.807) is 18.0 Å². The summed E-state index contributed by atoms with van der Waals surface area (Å²) in [6.07, 6.45) is 2.26. The molecule has 1 fully saturated rings. The minimum Gasteiger partial charge on any atom is -0.466 e. The van der Waals surface area contributed by atoms with Crippen molar-refractivity contribution in [2.75, 3.05) is 12.3 Å². The first kappa shape index (κ1) is 12.6. The average molecular weight is 253 g/mol. The lowest BCUT2D eigenvalue weighted by molar-refractivity contribution is -0.133. The van der Waals surface area contributed by atoms with Crippen LogP contribution in [0.3, 0.4) is 0 Å². The maximum Gasteiger partial charge on any atom is 0.224 e. The number of amides is 1. The largest absolute Gasteiger partial charge is 0.466 e. The SMILES string of the molecule is CC(C)(C)CC(=O)N1CCSC1c1ccco1. The van der Waals surface area contributed by atoms with Gasteiger partial charge >= 0.3 is 0 Å². The van der Waals surface area contributed by atoms with Gasteiger partial charge in [0.05, 0.1) is 6.26 Å². The van der Waals surface area contributed by atoms with Gasteiger partial charge in [0.1, 0.15) is 11.1 Å².